The molecule has 1 amide bonds. The first-order valence-electron chi connectivity index (χ1n) is 10.6. The van der Waals surface area contributed by atoms with Crippen LogP contribution in [0.3, 0.4) is 0 Å². The Kier molecular flexibility index (Phi) is 4.19. The van der Waals surface area contributed by atoms with Crippen LogP contribution in [0.15, 0.2) is 23.9 Å². The number of hydrogen-bond acceptors (Lipinski definition) is 6. The SMILES string of the molecule is COc1ccc2c(c1O)N(C(C)=O)[C@H]1[C@@H]3CO[C@H](C)C4=CN(C)CC[C@]21C(=O)C[C@@H]43. The molecule has 160 valence electrons. The maximum atomic E-state index is 13.9. The van der Waals surface area contributed by atoms with Crippen LogP contribution in [0, 0.1) is 11.8 Å². The van der Waals surface area contributed by atoms with Gasteiger partial charge in [0.05, 0.1) is 37.0 Å². The van der Waals surface area contributed by atoms with Gasteiger partial charge >= 0.3 is 0 Å². The molecule has 1 aromatic rings. The largest absolute Gasteiger partial charge is 0.503 e. The van der Waals surface area contributed by atoms with E-state index in [2.05, 4.69) is 11.1 Å². The molecule has 30 heavy (non-hydrogen) atoms. The molecule has 6 rings (SSSR count). The second kappa shape index (κ2) is 6.48. The number of phenols is 1. The molecular formula is C23H28N2O5. The fraction of sp³-hybridized carbons (Fsp3) is 0.565. The highest BCUT2D eigenvalue weighted by Gasteiger charge is 2.65. The highest BCUT2D eigenvalue weighted by atomic mass is 16.5. The van der Waals surface area contributed by atoms with Crippen molar-refractivity contribution < 1.29 is 24.2 Å². The summed E-state index contributed by atoms with van der Waals surface area (Å²) in [5.74, 6) is 0.208. The van der Waals surface area contributed by atoms with Crippen molar-refractivity contribution >= 4 is 17.4 Å². The van der Waals surface area contributed by atoms with E-state index in [4.69, 9.17) is 9.47 Å². The van der Waals surface area contributed by atoms with Crippen LogP contribution in [-0.4, -0.2) is 61.2 Å². The average Bonchev–Trinajstić information content (AvgIpc) is 3.05. The fourth-order valence-corrected chi connectivity index (χ4v) is 6.35. The first-order valence-corrected chi connectivity index (χ1v) is 10.6. The zero-order valence-electron chi connectivity index (χ0n) is 17.8. The summed E-state index contributed by atoms with van der Waals surface area (Å²) in [6.07, 6.45) is 3.10. The van der Waals surface area contributed by atoms with Crippen molar-refractivity contribution in [2.45, 2.75) is 44.2 Å². The van der Waals surface area contributed by atoms with Crippen LogP contribution in [0.25, 0.3) is 0 Å². The monoisotopic (exact) mass is 412 g/mol. The molecule has 2 fully saturated rings. The molecule has 4 bridgehead atoms. The molecule has 0 radical (unpaired) electrons. The minimum absolute atomic E-state index is 0.0154. The molecular weight excluding hydrogens is 384 g/mol. The van der Waals surface area contributed by atoms with Gasteiger partial charge in [0, 0.05) is 39.1 Å². The van der Waals surface area contributed by atoms with Crippen LogP contribution in [-0.2, 0) is 19.7 Å². The number of Topliss-reactive ketones (excluding diaryl/α,β-unsaturated/α-hetero) is 1. The number of ketones is 1. The van der Waals surface area contributed by atoms with Gasteiger partial charge in [0.15, 0.2) is 11.5 Å². The lowest BCUT2D eigenvalue weighted by Crippen LogP contribution is -2.63. The summed E-state index contributed by atoms with van der Waals surface area (Å²) in [6.45, 7) is 4.70. The van der Waals surface area contributed by atoms with Gasteiger partial charge < -0.3 is 24.4 Å². The van der Waals surface area contributed by atoms with E-state index in [9.17, 15) is 14.7 Å². The summed E-state index contributed by atoms with van der Waals surface area (Å²) in [7, 11) is 3.51. The van der Waals surface area contributed by atoms with E-state index in [0.717, 1.165) is 11.1 Å². The van der Waals surface area contributed by atoms with Gasteiger partial charge in [-0.1, -0.05) is 6.07 Å². The van der Waals surface area contributed by atoms with Gasteiger partial charge in [0.25, 0.3) is 0 Å². The zero-order valence-corrected chi connectivity index (χ0v) is 17.8. The number of carbonyl (C=O) groups is 2. The number of anilines is 1. The van der Waals surface area contributed by atoms with Gasteiger partial charge in [0.1, 0.15) is 5.78 Å². The third-order valence-electron chi connectivity index (χ3n) is 7.67. The molecule has 1 N–H and O–H groups in total. The molecule has 0 aromatic heterocycles. The van der Waals surface area contributed by atoms with E-state index >= 15 is 0 Å². The Morgan fingerprint density at radius 2 is 2.13 bits per heavy atom. The summed E-state index contributed by atoms with van der Waals surface area (Å²) >= 11 is 0. The number of benzene rings is 1. The van der Waals surface area contributed by atoms with Crippen LogP contribution in [0.5, 0.6) is 11.5 Å². The van der Waals surface area contributed by atoms with Crippen LogP contribution in [0.4, 0.5) is 5.69 Å². The molecule has 1 spiro atoms. The Labute approximate surface area is 176 Å². The summed E-state index contributed by atoms with van der Waals surface area (Å²) < 4.78 is 11.5. The van der Waals surface area contributed by atoms with E-state index in [0.29, 0.717) is 37.4 Å². The zero-order chi connectivity index (χ0) is 21.4. The summed E-state index contributed by atoms with van der Waals surface area (Å²) in [5, 5.41) is 11.0. The summed E-state index contributed by atoms with van der Waals surface area (Å²) in [5.41, 5.74) is 1.43. The minimum atomic E-state index is -0.854. The van der Waals surface area contributed by atoms with E-state index in [-0.39, 0.29) is 41.4 Å². The number of methoxy groups -OCH3 is 1. The Morgan fingerprint density at radius 1 is 1.37 bits per heavy atom. The number of aromatic hydroxyl groups is 1. The van der Waals surface area contributed by atoms with Crippen molar-refractivity contribution in [2.75, 3.05) is 32.2 Å². The molecule has 1 saturated heterocycles. The number of ether oxygens (including phenoxy) is 2. The molecule has 4 heterocycles. The second-order valence-corrected chi connectivity index (χ2v) is 9.05. The predicted molar refractivity (Wildman–Crippen MR) is 111 cm³/mol. The number of hydrogen-bond donors (Lipinski definition) is 1. The first-order chi connectivity index (χ1) is 14.3. The van der Waals surface area contributed by atoms with E-state index < -0.39 is 5.41 Å². The molecule has 4 aliphatic heterocycles. The maximum Gasteiger partial charge on any atom is 0.224 e. The minimum Gasteiger partial charge on any atom is -0.503 e. The average molecular weight is 412 g/mol. The van der Waals surface area contributed by atoms with Crippen LogP contribution in [0.1, 0.15) is 32.3 Å². The Bertz CT molecular complexity index is 973. The van der Waals surface area contributed by atoms with Crippen molar-refractivity contribution in [1.82, 2.24) is 4.90 Å². The molecule has 1 aliphatic carbocycles. The molecule has 7 nitrogen and oxygen atoms in total. The second-order valence-electron chi connectivity index (χ2n) is 9.05. The maximum absolute atomic E-state index is 13.9. The Balaban J connectivity index is 1.80. The van der Waals surface area contributed by atoms with Crippen LogP contribution >= 0.6 is 0 Å². The van der Waals surface area contributed by atoms with Gasteiger partial charge in [-0.25, -0.2) is 0 Å². The summed E-state index contributed by atoms with van der Waals surface area (Å²) in [4.78, 5) is 30.6. The lowest BCUT2D eigenvalue weighted by atomic mass is 9.56. The Morgan fingerprint density at radius 3 is 2.83 bits per heavy atom. The molecule has 5 atom stereocenters. The standard InChI is InChI=1S/C23H28N2O5/c1-12-15-10-24(3)8-7-23-17-5-6-18(29-4)21(28)20(17)25(13(2)26)22(23)16(11-30-12)14(15)9-19(23)27/h5-6,10,12,14,16,22,28H,7-9,11H2,1-4H3/t12-,14+,16-,22+,23-/m1/s1. The Hall–Kier alpha value is -2.54. The van der Waals surface area contributed by atoms with Gasteiger partial charge in [-0.05, 0) is 36.5 Å². The number of rotatable bonds is 1. The molecule has 0 unspecified atom stereocenters. The van der Waals surface area contributed by atoms with Crippen molar-refractivity contribution in [3.8, 4) is 11.5 Å². The first kappa shape index (κ1) is 19.4. The normalized spacial score (nSPS) is 34.5. The van der Waals surface area contributed by atoms with Gasteiger partial charge in [-0.15, -0.1) is 0 Å². The lowest BCUT2D eigenvalue weighted by molar-refractivity contribution is -0.134. The number of phenolic OH excluding ortho intramolecular Hbond substituents is 1. The third-order valence-corrected chi connectivity index (χ3v) is 7.67. The van der Waals surface area contributed by atoms with Gasteiger partial charge in [-0.3, -0.25) is 9.59 Å². The predicted octanol–water partition coefficient (Wildman–Crippen LogP) is 2.22. The van der Waals surface area contributed by atoms with Crippen molar-refractivity contribution in [1.29, 1.82) is 0 Å². The van der Waals surface area contributed by atoms with Crippen LogP contribution in [0.2, 0.25) is 0 Å². The topological polar surface area (TPSA) is 79.3 Å². The molecule has 5 aliphatic rings. The smallest absolute Gasteiger partial charge is 0.224 e. The van der Waals surface area contributed by atoms with E-state index in [1.165, 1.54) is 14.0 Å². The van der Waals surface area contributed by atoms with Crippen molar-refractivity contribution in [2.24, 2.45) is 11.8 Å². The molecule has 7 heteroatoms. The number of carbonyl (C=O) groups excluding carboxylic acids is 2. The number of fused-ring (bicyclic) bond motifs is 5. The highest BCUT2D eigenvalue weighted by molar-refractivity contribution is 6.06. The van der Waals surface area contributed by atoms with E-state index in [1.54, 1.807) is 11.0 Å². The van der Waals surface area contributed by atoms with Gasteiger partial charge in [0.2, 0.25) is 5.91 Å². The fourth-order valence-electron chi connectivity index (χ4n) is 6.35. The number of amides is 1. The third kappa shape index (κ3) is 2.30. The summed E-state index contributed by atoms with van der Waals surface area (Å²) in [6, 6.07) is 3.18. The van der Waals surface area contributed by atoms with E-state index in [1.807, 2.05) is 20.0 Å². The van der Waals surface area contributed by atoms with Crippen molar-refractivity contribution in [3.63, 3.8) is 0 Å². The highest BCUT2D eigenvalue weighted by Crippen LogP contribution is 2.61. The van der Waals surface area contributed by atoms with Gasteiger partial charge in [-0.2, -0.15) is 0 Å². The molecule has 1 aromatic carbocycles. The lowest BCUT2D eigenvalue weighted by Gasteiger charge is -2.51. The van der Waals surface area contributed by atoms with Crippen LogP contribution < -0.4 is 9.64 Å². The molecule has 1 saturated carbocycles. The quantitative estimate of drug-likeness (QED) is 0.762. The number of nitrogens with zero attached hydrogens (tertiary/aromatic N) is 2. The van der Waals surface area contributed by atoms with Crippen molar-refractivity contribution in [3.05, 3.63) is 29.5 Å².